The number of rotatable bonds is 5. The number of nitrogens with one attached hydrogen (secondary N) is 1. The summed E-state index contributed by atoms with van der Waals surface area (Å²) in [6.07, 6.45) is -4.75. The number of imide groups is 1. The lowest BCUT2D eigenvalue weighted by Gasteiger charge is -2.37. The third-order valence-electron chi connectivity index (χ3n) is 5.87. The fraction of sp³-hybridized carbons (Fsp3) is 0.304. The van der Waals surface area contributed by atoms with Crippen LogP contribution in [0.4, 0.5) is 23.7 Å². The highest BCUT2D eigenvalue weighted by Crippen LogP contribution is 2.37. The number of hydrogen-bond acceptors (Lipinski definition) is 5. The monoisotopic (exact) mass is 524 g/mol. The zero-order valence-corrected chi connectivity index (χ0v) is 19.8. The summed E-state index contributed by atoms with van der Waals surface area (Å²) in [5, 5.41) is -0.654. The zero-order chi connectivity index (χ0) is 26.4. The maximum Gasteiger partial charge on any atom is 0.417 e. The summed E-state index contributed by atoms with van der Waals surface area (Å²) in [7, 11) is 1.56. The van der Waals surface area contributed by atoms with E-state index in [9.17, 15) is 32.3 Å². The molecule has 1 N–H and O–H groups in total. The number of halogens is 4. The number of hydrogen-bond donors (Lipinski definition) is 1. The Kier molecular flexibility index (Phi) is 6.56. The van der Waals surface area contributed by atoms with Crippen LogP contribution < -0.4 is 10.6 Å². The van der Waals surface area contributed by atoms with Gasteiger partial charge in [0.05, 0.1) is 41.3 Å². The number of alkyl halides is 3. The molecular formula is C23H20ClF3N4O5. The van der Waals surface area contributed by atoms with Gasteiger partial charge in [0.15, 0.2) is 5.92 Å². The van der Waals surface area contributed by atoms with Crippen LogP contribution in [-0.4, -0.2) is 45.5 Å². The predicted octanol–water partition coefficient (Wildman–Crippen LogP) is 3.69. The second-order valence-corrected chi connectivity index (χ2v) is 8.47. The van der Waals surface area contributed by atoms with Crippen molar-refractivity contribution in [2.45, 2.75) is 19.6 Å². The summed E-state index contributed by atoms with van der Waals surface area (Å²) in [4.78, 5) is 55.5. The topological polar surface area (TPSA) is 105 Å². The van der Waals surface area contributed by atoms with E-state index in [1.165, 1.54) is 22.8 Å². The molecule has 1 unspecified atom stereocenters. The average Bonchev–Trinajstić information content (AvgIpc) is 3.09. The van der Waals surface area contributed by atoms with Crippen molar-refractivity contribution in [2.24, 2.45) is 13.0 Å². The summed E-state index contributed by atoms with van der Waals surface area (Å²) in [6, 6.07) is 6.91. The van der Waals surface area contributed by atoms with Crippen LogP contribution in [0.5, 0.6) is 0 Å². The number of nitrogens with zero attached hydrogens (tertiary/aromatic N) is 3. The fourth-order valence-corrected chi connectivity index (χ4v) is 4.32. The molecule has 36 heavy (non-hydrogen) atoms. The van der Waals surface area contributed by atoms with E-state index in [1.807, 2.05) is 0 Å². The van der Waals surface area contributed by atoms with E-state index in [2.05, 4.69) is 4.98 Å². The summed E-state index contributed by atoms with van der Waals surface area (Å²) in [6.45, 7) is 0.574. The molecule has 190 valence electrons. The summed E-state index contributed by atoms with van der Waals surface area (Å²) in [5.74, 6) is -3.22. The minimum Gasteiger partial charge on any atom is -0.465 e. The Morgan fingerprint density at radius 2 is 1.92 bits per heavy atom. The molecule has 3 aromatic rings. The normalized spacial score (nSPS) is 16.7. The molecule has 1 aromatic heterocycles. The highest BCUT2D eigenvalue weighted by molar-refractivity contribution is 6.32. The summed E-state index contributed by atoms with van der Waals surface area (Å²) < 4.78 is 46.3. The number of carbonyl (C=O) groups is 3. The molecule has 1 aliphatic heterocycles. The van der Waals surface area contributed by atoms with E-state index in [0.29, 0.717) is 15.9 Å². The van der Waals surface area contributed by atoms with E-state index in [-0.39, 0.29) is 30.1 Å². The van der Waals surface area contributed by atoms with Crippen molar-refractivity contribution in [1.29, 1.82) is 0 Å². The van der Waals surface area contributed by atoms with E-state index in [1.54, 1.807) is 20.0 Å². The Morgan fingerprint density at radius 1 is 1.19 bits per heavy atom. The van der Waals surface area contributed by atoms with Crippen molar-refractivity contribution >= 4 is 46.2 Å². The highest BCUT2D eigenvalue weighted by Gasteiger charge is 2.45. The first-order chi connectivity index (χ1) is 16.9. The van der Waals surface area contributed by atoms with E-state index in [0.717, 1.165) is 17.0 Å². The molecule has 0 spiro atoms. The van der Waals surface area contributed by atoms with Gasteiger partial charge in [-0.25, -0.2) is 9.59 Å². The molecule has 1 aliphatic rings. The van der Waals surface area contributed by atoms with Crippen LogP contribution in [0.1, 0.15) is 18.1 Å². The van der Waals surface area contributed by atoms with Gasteiger partial charge < -0.3 is 9.72 Å². The minimum atomic E-state index is -4.75. The third kappa shape index (κ3) is 4.43. The van der Waals surface area contributed by atoms with Crippen molar-refractivity contribution < 1.29 is 32.3 Å². The summed E-state index contributed by atoms with van der Waals surface area (Å²) in [5.41, 5.74) is -0.399. The molecule has 3 amide bonds. The number of fused-ring (bicyclic) bond motifs is 1. The number of aromatic amines is 1. The first kappa shape index (κ1) is 25.3. The Labute approximate surface area is 207 Å². The van der Waals surface area contributed by atoms with Gasteiger partial charge in [-0.1, -0.05) is 23.7 Å². The number of urea groups is 1. The molecule has 9 nitrogen and oxygen atoms in total. The number of aromatic nitrogens is 2. The second-order valence-electron chi connectivity index (χ2n) is 8.09. The van der Waals surface area contributed by atoms with Gasteiger partial charge in [0, 0.05) is 12.7 Å². The van der Waals surface area contributed by atoms with Gasteiger partial charge in [0.25, 0.3) is 0 Å². The number of benzene rings is 2. The number of amides is 3. The maximum absolute atomic E-state index is 13.4. The van der Waals surface area contributed by atoms with Crippen LogP contribution in [0.15, 0.2) is 41.2 Å². The van der Waals surface area contributed by atoms with Gasteiger partial charge in [0.1, 0.15) is 0 Å². The predicted molar refractivity (Wildman–Crippen MR) is 123 cm³/mol. The van der Waals surface area contributed by atoms with E-state index >= 15 is 0 Å². The lowest BCUT2D eigenvalue weighted by Crippen LogP contribution is -2.58. The SMILES string of the molecule is CCOC(=O)C1CN(c2ccc3c(c2)[nH]c(=O)n3C)C(=O)N(Cc2cccc(C(F)(F)F)c2Cl)C1=O. The number of H-pyrrole nitrogens is 1. The maximum atomic E-state index is 13.4. The first-order valence-corrected chi connectivity index (χ1v) is 11.1. The first-order valence-electron chi connectivity index (χ1n) is 10.8. The molecule has 0 aliphatic carbocycles. The smallest absolute Gasteiger partial charge is 0.417 e. The van der Waals surface area contributed by atoms with Crippen LogP contribution in [0.3, 0.4) is 0 Å². The van der Waals surface area contributed by atoms with Gasteiger partial charge in [-0.2, -0.15) is 13.2 Å². The van der Waals surface area contributed by atoms with Crippen LogP contribution in [0.25, 0.3) is 11.0 Å². The van der Waals surface area contributed by atoms with Gasteiger partial charge in [0.2, 0.25) is 5.91 Å². The molecule has 2 aromatic carbocycles. The average molecular weight is 525 g/mol. The number of imidazole rings is 1. The quantitative estimate of drug-likeness (QED) is 0.405. The lowest BCUT2D eigenvalue weighted by molar-refractivity contribution is -0.154. The third-order valence-corrected chi connectivity index (χ3v) is 6.32. The van der Waals surface area contributed by atoms with Gasteiger partial charge in [-0.05, 0) is 36.8 Å². The number of carbonyl (C=O) groups excluding carboxylic acids is 3. The molecule has 1 atom stereocenters. The molecule has 4 rings (SSSR count). The van der Waals surface area contributed by atoms with E-state index in [4.69, 9.17) is 16.3 Å². The molecule has 13 heteroatoms. The standard InChI is InChI=1S/C23H20ClF3N4O5/c1-3-36-20(33)14-11-30(13-7-8-17-16(9-13)28-21(34)29(17)2)22(35)31(19(14)32)10-12-5-4-6-15(18(12)24)23(25,26)27/h4-9,14H,3,10-11H2,1-2H3,(H,28,34). The summed E-state index contributed by atoms with van der Waals surface area (Å²) >= 11 is 5.98. The largest absolute Gasteiger partial charge is 0.465 e. The van der Waals surface area contributed by atoms with Crippen molar-refractivity contribution in [3.8, 4) is 0 Å². The van der Waals surface area contributed by atoms with Crippen LogP contribution in [-0.2, 0) is 34.1 Å². The molecule has 1 saturated heterocycles. The Morgan fingerprint density at radius 3 is 2.58 bits per heavy atom. The number of ether oxygens (including phenoxy) is 1. The Hall–Kier alpha value is -3.80. The van der Waals surface area contributed by atoms with Crippen molar-refractivity contribution in [2.75, 3.05) is 18.1 Å². The minimum absolute atomic E-state index is 0.0206. The second kappa shape index (κ2) is 9.34. The van der Waals surface area contributed by atoms with Crippen LogP contribution >= 0.6 is 11.6 Å². The number of anilines is 1. The van der Waals surface area contributed by atoms with Crippen LogP contribution in [0, 0.1) is 5.92 Å². The van der Waals surface area contributed by atoms with Gasteiger partial charge >= 0.3 is 23.9 Å². The molecule has 0 radical (unpaired) electrons. The van der Waals surface area contributed by atoms with Gasteiger partial charge in [-0.3, -0.25) is 24.0 Å². The zero-order valence-electron chi connectivity index (χ0n) is 19.1. The van der Waals surface area contributed by atoms with Crippen molar-refractivity contribution in [1.82, 2.24) is 14.5 Å². The lowest BCUT2D eigenvalue weighted by atomic mass is 10.0. The number of aryl methyl sites for hydroxylation is 1. The van der Waals surface area contributed by atoms with E-state index < -0.39 is 47.1 Å². The van der Waals surface area contributed by atoms with Crippen molar-refractivity contribution in [3.05, 3.63) is 63.0 Å². The fourth-order valence-electron chi connectivity index (χ4n) is 4.03. The molecule has 1 fully saturated rings. The van der Waals surface area contributed by atoms with Crippen LogP contribution in [0.2, 0.25) is 5.02 Å². The Bertz CT molecular complexity index is 1430. The molecule has 2 heterocycles. The molecule has 0 bridgehead atoms. The number of esters is 1. The molecular weight excluding hydrogens is 505 g/mol. The highest BCUT2D eigenvalue weighted by atomic mass is 35.5. The molecule has 0 saturated carbocycles. The Balaban J connectivity index is 1.76. The van der Waals surface area contributed by atoms with Gasteiger partial charge in [-0.15, -0.1) is 0 Å². The van der Waals surface area contributed by atoms with Crippen molar-refractivity contribution in [3.63, 3.8) is 0 Å².